The largest absolute Gasteiger partial charge is 0.490 e. The number of amides is 1. The number of hydrogen-bond acceptors (Lipinski definition) is 7. The summed E-state index contributed by atoms with van der Waals surface area (Å²) >= 11 is 0. The molecule has 0 spiro atoms. The molecule has 0 saturated carbocycles. The molecular weight excluding hydrogens is 754 g/mol. The summed E-state index contributed by atoms with van der Waals surface area (Å²) in [5.41, 5.74) is -0.394. The van der Waals surface area contributed by atoms with Crippen molar-refractivity contribution in [2.75, 3.05) is 20.1 Å². The SMILES string of the molecule is C=CCCCc1ccc(C(F)(F)F)cc1CNC[C@@H](O)[C@H](Cc1cc(F)cc(F)c1)NC(=O)[C@@](CC=C)(OC(=O)C(F)(F)F)S(=O)(=O)N(C)CCCCC. The van der Waals surface area contributed by atoms with Gasteiger partial charge in [0.05, 0.1) is 17.7 Å². The molecule has 0 unspecified atom stereocenters. The van der Waals surface area contributed by atoms with Crippen molar-refractivity contribution in [2.24, 2.45) is 0 Å². The molecule has 0 aliphatic rings. The van der Waals surface area contributed by atoms with E-state index < -0.39 is 87.9 Å². The molecule has 0 aliphatic heterocycles. The van der Waals surface area contributed by atoms with Gasteiger partial charge in [-0.15, -0.1) is 13.2 Å². The van der Waals surface area contributed by atoms with Crippen molar-refractivity contribution in [2.45, 2.75) is 94.3 Å². The Morgan fingerprint density at radius 2 is 1.61 bits per heavy atom. The van der Waals surface area contributed by atoms with Gasteiger partial charge in [0.15, 0.2) is 0 Å². The standard InChI is InChI=1S/C36H45F8N3O6S/c1-5-8-10-12-25-13-14-27(35(39,40)41)20-26(25)22-45-23-31(48)30(19-24-17-28(37)21-29(38)18-24)46-32(49)34(15-7-3,53-33(50)36(42,43)44)54(51,52)47(4)16-11-9-6-2/h5,7,13-14,17-18,20-21,30-31,45,48H,1,3,6,8-12,15-16,19,22-23H2,2,4H3,(H,46,49)/t30-,31+,34-/m0/s1. The number of ether oxygens (including phenoxy) is 1. The third-order valence-corrected chi connectivity index (χ3v) is 10.6. The van der Waals surface area contributed by atoms with E-state index in [1.165, 1.54) is 6.07 Å². The van der Waals surface area contributed by atoms with E-state index in [9.17, 15) is 58.2 Å². The van der Waals surface area contributed by atoms with Crippen LogP contribution in [0.2, 0.25) is 0 Å². The zero-order valence-electron chi connectivity index (χ0n) is 29.8. The van der Waals surface area contributed by atoms with E-state index in [1.807, 2.05) is 0 Å². The summed E-state index contributed by atoms with van der Waals surface area (Å²) in [5.74, 6) is -7.02. The first-order valence-corrected chi connectivity index (χ1v) is 18.4. The molecule has 2 rings (SSSR count). The number of aryl methyl sites for hydroxylation is 1. The third kappa shape index (κ3) is 12.9. The Morgan fingerprint density at radius 3 is 2.17 bits per heavy atom. The van der Waals surface area contributed by atoms with E-state index in [0.29, 0.717) is 48.0 Å². The number of aliphatic hydroxyl groups is 1. The fraction of sp³-hybridized carbons (Fsp3) is 0.500. The van der Waals surface area contributed by atoms with Crippen LogP contribution in [0.1, 0.15) is 67.7 Å². The molecule has 0 heterocycles. The van der Waals surface area contributed by atoms with Crippen LogP contribution in [-0.4, -0.2) is 73.1 Å². The van der Waals surface area contributed by atoms with Crippen LogP contribution in [0.4, 0.5) is 35.1 Å². The van der Waals surface area contributed by atoms with E-state index >= 15 is 0 Å². The first kappa shape index (κ1) is 46.3. The van der Waals surface area contributed by atoms with Crippen LogP contribution in [0.3, 0.4) is 0 Å². The molecule has 0 radical (unpaired) electrons. The Kier molecular flexibility index (Phi) is 17.3. The molecule has 0 bridgehead atoms. The first-order valence-electron chi connectivity index (χ1n) is 16.9. The van der Waals surface area contributed by atoms with Gasteiger partial charge in [0.1, 0.15) is 11.6 Å². The van der Waals surface area contributed by atoms with E-state index in [2.05, 4.69) is 28.5 Å². The number of rotatable bonds is 22. The molecule has 302 valence electrons. The molecular formula is C36H45F8N3O6S. The molecule has 1 amide bonds. The minimum Gasteiger partial charge on any atom is -0.424 e. The molecule has 54 heavy (non-hydrogen) atoms. The fourth-order valence-corrected chi connectivity index (χ4v) is 7.17. The lowest BCUT2D eigenvalue weighted by Crippen LogP contribution is -2.63. The van der Waals surface area contributed by atoms with Gasteiger partial charge in [-0.25, -0.2) is 26.3 Å². The summed E-state index contributed by atoms with van der Waals surface area (Å²) in [7, 11) is -4.35. The number of aliphatic hydroxyl groups excluding tert-OH is 1. The number of allylic oxidation sites excluding steroid dienone is 1. The second kappa shape index (κ2) is 20.2. The monoisotopic (exact) mass is 799 g/mol. The Hall–Kier alpha value is -3.87. The normalized spacial score (nSPS) is 14.6. The lowest BCUT2D eigenvalue weighted by atomic mass is 9.98. The van der Waals surface area contributed by atoms with Crippen molar-refractivity contribution in [1.29, 1.82) is 0 Å². The number of unbranched alkanes of at least 4 members (excludes halogenated alkanes) is 3. The molecule has 3 atom stereocenters. The highest BCUT2D eigenvalue weighted by Crippen LogP contribution is 2.33. The van der Waals surface area contributed by atoms with E-state index in [-0.39, 0.29) is 30.6 Å². The van der Waals surface area contributed by atoms with Gasteiger partial charge < -0.3 is 20.5 Å². The van der Waals surface area contributed by atoms with Crippen LogP contribution in [-0.2, 0) is 49.9 Å². The molecule has 2 aromatic carbocycles. The van der Waals surface area contributed by atoms with Gasteiger partial charge in [0, 0.05) is 39.2 Å². The zero-order chi connectivity index (χ0) is 40.9. The second-order valence-electron chi connectivity index (χ2n) is 12.6. The smallest absolute Gasteiger partial charge is 0.424 e. The van der Waals surface area contributed by atoms with E-state index in [1.54, 1.807) is 13.0 Å². The van der Waals surface area contributed by atoms with Crippen LogP contribution in [0, 0.1) is 11.6 Å². The van der Waals surface area contributed by atoms with Crippen molar-refractivity contribution in [3.63, 3.8) is 0 Å². The first-order chi connectivity index (χ1) is 25.1. The van der Waals surface area contributed by atoms with Gasteiger partial charge in [-0.2, -0.15) is 26.3 Å². The van der Waals surface area contributed by atoms with Gasteiger partial charge >= 0.3 is 23.3 Å². The topological polar surface area (TPSA) is 125 Å². The van der Waals surface area contributed by atoms with Crippen molar-refractivity contribution in [3.8, 4) is 0 Å². The number of esters is 1. The van der Waals surface area contributed by atoms with Crippen molar-refractivity contribution in [1.82, 2.24) is 14.9 Å². The van der Waals surface area contributed by atoms with Crippen LogP contribution < -0.4 is 10.6 Å². The van der Waals surface area contributed by atoms with Crippen molar-refractivity contribution in [3.05, 3.63) is 95.6 Å². The predicted octanol–water partition coefficient (Wildman–Crippen LogP) is 6.50. The summed E-state index contributed by atoms with van der Waals surface area (Å²) in [4.78, 5) is 22.6. The summed E-state index contributed by atoms with van der Waals surface area (Å²) in [5, 5.41) is 16.2. The molecule has 9 nitrogen and oxygen atoms in total. The number of carbonyl (C=O) groups is 2. The highest BCUT2D eigenvalue weighted by atomic mass is 32.2. The molecule has 0 aromatic heterocycles. The predicted molar refractivity (Wildman–Crippen MR) is 185 cm³/mol. The van der Waals surface area contributed by atoms with Gasteiger partial charge in [-0.3, -0.25) is 4.79 Å². The highest BCUT2D eigenvalue weighted by Gasteiger charge is 2.59. The van der Waals surface area contributed by atoms with E-state index in [0.717, 1.165) is 37.4 Å². The van der Waals surface area contributed by atoms with Gasteiger partial charge in [-0.05, 0) is 73.1 Å². The number of nitrogens with one attached hydrogen (secondary N) is 2. The summed E-state index contributed by atoms with van der Waals surface area (Å²) in [6.07, 6.45) is -8.92. The summed E-state index contributed by atoms with van der Waals surface area (Å²) < 4.78 is 142. The number of hydrogen-bond donors (Lipinski definition) is 3. The van der Waals surface area contributed by atoms with Gasteiger partial charge in [0.2, 0.25) is 0 Å². The average Bonchev–Trinajstić information content (AvgIpc) is 3.06. The molecule has 0 saturated heterocycles. The quantitative estimate of drug-likeness (QED) is 0.0538. The fourth-order valence-electron chi connectivity index (χ4n) is 5.50. The Labute approximate surface area is 309 Å². The van der Waals surface area contributed by atoms with Crippen molar-refractivity contribution < 1.29 is 63.0 Å². The minimum absolute atomic E-state index is 0.194. The lowest BCUT2D eigenvalue weighted by molar-refractivity contribution is -0.208. The molecule has 0 aliphatic carbocycles. The Balaban J connectivity index is 2.58. The number of benzene rings is 2. The number of alkyl halides is 6. The average molecular weight is 800 g/mol. The minimum atomic E-state index is -5.76. The molecule has 3 N–H and O–H groups in total. The number of halogens is 8. The number of carbonyl (C=O) groups excluding carboxylic acids is 2. The maximum Gasteiger partial charge on any atom is 0.490 e. The van der Waals surface area contributed by atoms with Gasteiger partial charge in [-0.1, -0.05) is 38.0 Å². The van der Waals surface area contributed by atoms with Crippen LogP contribution >= 0.6 is 0 Å². The molecule has 18 heteroatoms. The van der Waals surface area contributed by atoms with Crippen LogP contribution in [0.15, 0.2) is 61.7 Å². The Morgan fingerprint density at radius 1 is 0.963 bits per heavy atom. The van der Waals surface area contributed by atoms with E-state index in [4.69, 9.17) is 0 Å². The molecule has 2 aromatic rings. The summed E-state index contributed by atoms with van der Waals surface area (Å²) in [6, 6.07) is 3.55. The second-order valence-corrected chi connectivity index (χ2v) is 14.8. The molecule has 0 fully saturated rings. The lowest BCUT2D eigenvalue weighted by Gasteiger charge is -2.36. The third-order valence-electron chi connectivity index (χ3n) is 8.37. The maximum absolute atomic E-state index is 14.2. The zero-order valence-corrected chi connectivity index (χ0v) is 30.7. The van der Waals surface area contributed by atoms with Gasteiger partial charge in [0.25, 0.3) is 15.9 Å². The number of nitrogens with zero attached hydrogens (tertiary/aromatic N) is 1. The number of sulfonamides is 1. The summed E-state index contributed by atoms with van der Waals surface area (Å²) in [6.45, 7) is 7.62. The van der Waals surface area contributed by atoms with Crippen molar-refractivity contribution >= 4 is 21.9 Å². The highest BCUT2D eigenvalue weighted by molar-refractivity contribution is 7.91. The maximum atomic E-state index is 14.2. The Bertz CT molecular complexity index is 1680. The van der Waals surface area contributed by atoms with Crippen LogP contribution in [0.5, 0.6) is 0 Å². The van der Waals surface area contributed by atoms with Crippen LogP contribution in [0.25, 0.3) is 0 Å².